The van der Waals surface area contributed by atoms with Crippen molar-refractivity contribution in [3.63, 3.8) is 0 Å². The summed E-state index contributed by atoms with van der Waals surface area (Å²) in [5.41, 5.74) is 2.94. The van der Waals surface area contributed by atoms with E-state index in [4.69, 9.17) is 4.52 Å². The van der Waals surface area contributed by atoms with Gasteiger partial charge in [-0.3, -0.25) is 14.3 Å². The Morgan fingerprint density at radius 1 is 1.14 bits per heavy atom. The summed E-state index contributed by atoms with van der Waals surface area (Å²) in [5.74, 6) is -0.736. The Balaban J connectivity index is 1.44. The summed E-state index contributed by atoms with van der Waals surface area (Å²) in [6, 6.07) is 11.5. The van der Waals surface area contributed by atoms with Gasteiger partial charge in [-0.25, -0.2) is 0 Å². The second-order valence-electron chi connectivity index (χ2n) is 6.36. The first-order chi connectivity index (χ1) is 13.5. The molecule has 2 amide bonds. The standard InChI is InChI=1S/C19H22N6O3/c1-13-10-14(2)25(23-13)9-8-20-18(27)19-22-16(24-28-19)11-17(26)21-12-15-6-4-3-5-7-15/h3-7,10H,8-9,11-12H2,1-2H3,(H,20,27)(H,21,26). The smallest absolute Gasteiger partial charge is 0.315 e. The van der Waals surface area contributed by atoms with Crippen LogP contribution in [-0.2, 0) is 24.3 Å². The van der Waals surface area contributed by atoms with Gasteiger partial charge in [0.05, 0.1) is 18.7 Å². The van der Waals surface area contributed by atoms with Crippen molar-refractivity contribution in [1.82, 2.24) is 30.6 Å². The van der Waals surface area contributed by atoms with E-state index in [1.54, 1.807) is 0 Å². The number of benzene rings is 1. The molecule has 0 aliphatic carbocycles. The van der Waals surface area contributed by atoms with Gasteiger partial charge in [-0.2, -0.15) is 10.1 Å². The summed E-state index contributed by atoms with van der Waals surface area (Å²) in [6.45, 7) is 5.19. The van der Waals surface area contributed by atoms with Crippen LogP contribution >= 0.6 is 0 Å². The third-order valence-electron chi connectivity index (χ3n) is 4.03. The Bertz CT molecular complexity index is 948. The number of amides is 2. The summed E-state index contributed by atoms with van der Waals surface area (Å²) in [7, 11) is 0. The maximum Gasteiger partial charge on any atom is 0.315 e. The van der Waals surface area contributed by atoms with E-state index < -0.39 is 5.91 Å². The molecule has 0 bridgehead atoms. The monoisotopic (exact) mass is 382 g/mol. The first-order valence-electron chi connectivity index (χ1n) is 8.94. The van der Waals surface area contributed by atoms with Gasteiger partial charge in [-0.05, 0) is 25.5 Å². The van der Waals surface area contributed by atoms with E-state index >= 15 is 0 Å². The van der Waals surface area contributed by atoms with Crippen molar-refractivity contribution in [2.75, 3.05) is 6.54 Å². The molecule has 0 saturated heterocycles. The van der Waals surface area contributed by atoms with Crippen LogP contribution in [-0.4, -0.2) is 38.3 Å². The number of rotatable bonds is 8. The Labute approximate surface area is 162 Å². The molecule has 0 aliphatic rings. The second kappa shape index (κ2) is 8.94. The minimum atomic E-state index is -0.482. The van der Waals surface area contributed by atoms with Gasteiger partial charge in [0, 0.05) is 18.8 Å². The number of hydrogen-bond acceptors (Lipinski definition) is 6. The average molecular weight is 382 g/mol. The normalized spacial score (nSPS) is 10.6. The Morgan fingerprint density at radius 2 is 1.93 bits per heavy atom. The van der Waals surface area contributed by atoms with Crippen LogP contribution in [0.2, 0.25) is 0 Å². The van der Waals surface area contributed by atoms with Gasteiger partial charge in [0.25, 0.3) is 0 Å². The number of carbonyl (C=O) groups excluding carboxylic acids is 2. The third kappa shape index (κ3) is 5.26. The molecule has 146 valence electrons. The lowest BCUT2D eigenvalue weighted by Gasteiger charge is -2.04. The van der Waals surface area contributed by atoms with Crippen LogP contribution in [0.1, 0.15) is 33.5 Å². The van der Waals surface area contributed by atoms with E-state index in [9.17, 15) is 9.59 Å². The van der Waals surface area contributed by atoms with E-state index in [2.05, 4.69) is 25.9 Å². The van der Waals surface area contributed by atoms with Gasteiger partial charge < -0.3 is 15.2 Å². The quantitative estimate of drug-likeness (QED) is 0.604. The van der Waals surface area contributed by atoms with Crippen LogP contribution in [0.5, 0.6) is 0 Å². The number of hydrogen-bond donors (Lipinski definition) is 2. The second-order valence-corrected chi connectivity index (χ2v) is 6.36. The fraction of sp³-hybridized carbons (Fsp3) is 0.316. The molecule has 0 unspecified atom stereocenters. The lowest BCUT2D eigenvalue weighted by molar-refractivity contribution is -0.120. The van der Waals surface area contributed by atoms with E-state index in [1.165, 1.54) is 0 Å². The number of nitrogens with one attached hydrogen (secondary N) is 2. The summed E-state index contributed by atoms with van der Waals surface area (Å²) in [5, 5.41) is 13.5. The van der Waals surface area contributed by atoms with Crippen LogP contribution < -0.4 is 10.6 Å². The highest BCUT2D eigenvalue weighted by atomic mass is 16.5. The maximum absolute atomic E-state index is 12.1. The predicted molar refractivity (Wildman–Crippen MR) is 100 cm³/mol. The van der Waals surface area contributed by atoms with Crippen molar-refractivity contribution in [2.24, 2.45) is 0 Å². The van der Waals surface area contributed by atoms with Gasteiger partial charge in [-0.15, -0.1) is 0 Å². The number of aryl methyl sites for hydroxylation is 2. The highest BCUT2D eigenvalue weighted by molar-refractivity contribution is 5.89. The van der Waals surface area contributed by atoms with Gasteiger partial charge >= 0.3 is 11.8 Å². The molecule has 9 heteroatoms. The molecule has 3 aromatic rings. The summed E-state index contributed by atoms with van der Waals surface area (Å²) >= 11 is 0. The van der Waals surface area contributed by atoms with Crippen LogP contribution in [0.25, 0.3) is 0 Å². The minimum Gasteiger partial charge on any atom is -0.352 e. The zero-order valence-corrected chi connectivity index (χ0v) is 15.8. The summed E-state index contributed by atoms with van der Waals surface area (Å²) < 4.78 is 6.76. The molecule has 0 saturated carbocycles. The van der Waals surface area contributed by atoms with E-state index in [0.717, 1.165) is 17.0 Å². The zero-order valence-electron chi connectivity index (χ0n) is 15.8. The predicted octanol–water partition coefficient (Wildman–Crippen LogP) is 1.17. The molecule has 0 fully saturated rings. The maximum atomic E-state index is 12.1. The zero-order chi connectivity index (χ0) is 19.9. The fourth-order valence-electron chi connectivity index (χ4n) is 2.67. The van der Waals surface area contributed by atoms with Crippen LogP contribution in [0.15, 0.2) is 40.9 Å². The van der Waals surface area contributed by atoms with Gasteiger partial charge in [0.1, 0.15) is 0 Å². The molecule has 0 radical (unpaired) electrons. The Hall–Kier alpha value is -3.49. The van der Waals surface area contributed by atoms with Crippen LogP contribution in [0, 0.1) is 13.8 Å². The van der Waals surface area contributed by atoms with Gasteiger partial charge in [-0.1, -0.05) is 35.5 Å². The molecule has 2 heterocycles. The van der Waals surface area contributed by atoms with Crippen molar-refractivity contribution in [1.29, 1.82) is 0 Å². The van der Waals surface area contributed by atoms with Crippen molar-refractivity contribution in [3.8, 4) is 0 Å². The largest absolute Gasteiger partial charge is 0.352 e. The van der Waals surface area contributed by atoms with Crippen LogP contribution in [0.3, 0.4) is 0 Å². The highest BCUT2D eigenvalue weighted by Gasteiger charge is 2.16. The van der Waals surface area contributed by atoms with Crippen molar-refractivity contribution < 1.29 is 14.1 Å². The molecular weight excluding hydrogens is 360 g/mol. The lowest BCUT2D eigenvalue weighted by atomic mass is 10.2. The summed E-state index contributed by atoms with van der Waals surface area (Å²) in [4.78, 5) is 28.1. The van der Waals surface area contributed by atoms with E-state index in [1.807, 2.05) is 54.9 Å². The number of aromatic nitrogens is 4. The van der Waals surface area contributed by atoms with Crippen molar-refractivity contribution in [3.05, 3.63) is 65.1 Å². The first-order valence-corrected chi connectivity index (χ1v) is 8.94. The Morgan fingerprint density at radius 3 is 2.64 bits per heavy atom. The van der Waals surface area contributed by atoms with Crippen molar-refractivity contribution in [2.45, 2.75) is 33.4 Å². The molecule has 1 aromatic carbocycles. The Kier molecular flexibility index (Phi) is 6.15. The molecule has 0 aliphatic heterocycles. The minimum absolute atomic E-state index is 0.0601. The van der Waals surface area contributed by atoms with E-state index in [-0.39, 0.29) is 24.0 Å². The molecule has 0 atom stereocenters. The van der Waals surface area contributed by atoms with E-state index in [0.29, 0.717) is 19.6 Å². The number of carbonyl (C=O) groups is 2. The van der Waals surface area contributed by atoms with Crippen molar-refractivity contribution >= 4 is 11.8 Å². The molecule has 2 N–H and O–H groups in total. The lowest BCUT2D eigenvalue weighted by Crippen LogP contribution is -2.28. The molecule has 0 spiro atoms. The van der Waals surface area contributed by atoms with Gasteiger partial charge in [0.15, 0.2) is 5.82 Å². The molecule has 3 rings (SSSR count). The SMILES string of the molecule is Cc1cc(C)n(CCNC(=O)c2nc(CC(=O)NCc3ccccc3)no2)n1. The van der Waals surface area contributed by atoms with Crippen LogP contribution in [0.4, 0.5) is 0 Å². The topological polar surface area (TPSA) is 115 Å². The average Bonchev–Trinajstić information content (AvgIpc) is 3.27. The fourth-order valence-corrected chi connectivity index (χ4v) is 2.67. The first kappa shape index (κ1) is 19.3. The number of nitrogens with zero attached hydrogens (tertiary/aromatic N) is 4. The highest BCUT2D eigenvalue weighted by Crippen LogP contribution is 2.02. The molecular formula is C19H22N6O3. The van der Waals surface area contributed by atoms with Gasteiger partial charge in [0.2, 0.25) is 5.91 Å². The molecule has 9 nitrogen and oxygen atoms in total. The molecule has 2 aromatic heterocycles. The summed E-state index contributed by atoms with van der Waals surface area (Å²) in [6.07, 6.45) is -0.0601. The third-order valence-corrected chi connectivity index (χ3v) is 4.03. The molecule has 28 heavy (non-hydrogen) atoms.